The molecule has 0 aliphatic carbocycles. The second-order valence-corrected chi connectivity index (χ2v) is 5.07. The minimum atomic E-state index is -0.373. The van der Waals surface area contributed by atoms with E-state index in [0.29, 0.717) is 12.1 Å². The third kappa shape index (κ3) is 4.56. The smallest absolute Gasteiger partial charge is 0.315 e. The highest BCUT2D eigenvalue weighted by Gasteiger charge is 2.07. The topological polar surface area (TPSA) is 79.2 Å². The van der Waals surface area contributed by atoms with Gasteiger partial charge in [-0.15, -0.1) is 0 Å². The molecule has 1 atom stereocenters. The lowest BCUT2D eigenvalue weighted by Crippen LogP contribution is -2.41. The van der Waals surface area contributed by atoms with Gasteiger partial charge in [0.2, 0.25) is 0 Å². The molecule has 0 fully saturated rings. The molecule has 7 heteroatoms. The van der Waals surface area contributed by atoms with Crippen molar-refractivity contribution in [3.05, 3.63) is 53.9 Å². The Morgan fingerprint density at radius 2 is 2.32 bits per heavy atom. The molecular weight excluding hydrogens is 287 g/mol. The van der Waals surface area contributed by atoms with Crippen LogP contribution in [0.4, 0.5) is 9.18 Å². The third-order valence-corrected chi connectivity index (χ3v) is 3.13. The summed E-state index contributed by atoms with van der Waals surface area (Å²) < 4.78 is 15.6. The van der Waals surface area contributed by atoms with Crippen LogP contribution in [0.3, 0.4) is 0 Å². The van der Waals surface area contributed by atoms with Crippen LogP contribution in [0.2, 0.25) is 0 Å². The maximum Gasteiger partial charge on any atom is 0.315 e. The molecule has 22 heavy (non-hydrogen) atoms. The van der Waals surface area contributed by atoms with Crippen LogP contribution in [0.1, 0.15) is 18.1 Å². The molecule has 0 spiro atoms. The second kappa shape index (κ2) is 7.56. The summed E-state index contributed by atoms with van der Waals surface area (Å²) >= 11 is 0. The average molecular weight is 306 g/mol. The van der Waals surface area contributed by atoms with E-state index in [0.717, 1.165) is 5.56 Å². The van der Waals surface area contributed by atoms with E-state index in [1.807, 2.05) is 0 Å². The number of benzene rings is 1. The van der Waals surface area contributed by atoms with Crippen LogP contribution in [-0.4, -0.2) is 33.3 Å². The monoisotopic (exact) mass is 306 g/mol. The van der Waals surface area contributed by atoms with Crippen molar-refractivity contribution in [1.29, 1.82) is 0 Å². The largest absolute Gasteiger partial charge is 0.394 e. The molecule has 2 aromatic rings. The number of urea groups is 1. The molecule has 1 aromatic heterocycles. The Hall–Kier alpha value is -2.41. The lowest BCUT2D eigenvalue weighted by Gasteiger charge is -2.13. The lowest BCUT2D eigenvalue weighted by molar-refractivity contribution is 0.220. The number of hydrogen-bond donors (Lipinski definition) is 3. The van der Waals surface area contributed by atoms with Gasteiger partial charge in [0.25, 0.3) is 0 Å². The maximum absolute atomic E-state index is 13.8. The van der Waals surface area contributed by atoms with Crippen molar-refractivity contribution >= 4 is 6.03 Å². The minimum absolute atomic E-state index is 0.126. The first-order chi connectivity index (χ1) is 10.6. The number of carbonyl (C=O) groups is 1. The molecule has 0 bridgehead atoms. The van der Waals surface area contributed by atoms with Gasteiger partial charge in [-0.2, -0.15) is 0 Å². The number of amides is 2. The van der Waals surface area contributed by atoms with Gasteiger partial charge in [-0.1, -0.05) is 6.07 Å². The van der Waals surface area contributed by atoms with Crippen LogP contribution in [0.25, 0.3) is 0 Å². The molecule has 0 radical (unpaired) electrons. The van der Waals surface area contributed by atoms with Crippen molar-refractivity contribution in [2.45, 2.75) is 26.1 Å². The van der Waals surface area contributed by atoms with Gasteiger partial charge in [-0.25, -0.2) is 14.2 Å². The van der Waals surface area contributed by atoms with Crippen molar-refractivity contribution in [2.24, 2.45) is 0 Å². The molecule has 2 rings (SSSR count). The average Bonchev–Trinajstić information content (AvgIpc) is 3.01. The number of aromatic nitrogens is 2. The van der Waals surface area contributed by atoms with Gasteiger partial charge in [0.15, 0.2) is 0 Å². The van der Waals surface area contributed by atoms with Gasteiger partial charge in [-0.3, -0.25) is 0 Å². The first-order valence-corrected chi connectivity index (χ1v) is 6.96. The van der Waals surface area contributed by atoms with Crippen LogP contribution < -0.4 is 10.6 Å². The molecule has 0 aliphatic heterocycles. The Morgan fingerprint density at radius 1 is 1.50 bits per heavy atom. The van der Waals surface area contributed by atoms with Crippen LogP contribution in [0, 0.1) is 5.82 Å². The van der Waals surface area contributed by atoms with E-state index in [-0.39, 0.29) is 31.0 Å². The van der Waals surface area contributed by atoms with Crippen molar-refractivity contribution in [2.75, 3.05) is 6.61 Å². The van der Waals surface area contributed by atoms with Crippen LogP contribution in [0.15, 0.2) is 36.9 Å². The maximum atomic E-state index is 13.8. The summed E-state index contributed by atoms with van der Waals surface area (Å²) in [5.74, 6) is -0.296. The number of aliphatic hydroxyl groups is 1. The zero-order valence-electron chi connectivity index (χ0n) is 12.3. The first-order valence-electron chi connectivity index (χ1n) is 6.96. The predicted octanol–water partition coefficient (Wildman–Crippen LogP) is 1.25. The molecule has 6 nitrogen and oxygen atoms in total. The third-order valence-electron chi connectivity index (χ3n) is 3.13. The predicted molar refractivity (Wildman–Crippen MR) is 79.6 cm³/mol. The molecule has 2 amide bonds. The summed E-state index contributed by atoms with van der Waals surface area (Å²) in [6.45, 7) is 2.23. The van der Waals surface area contributed by atoms with Crippen LogP contribution >= 0.6 is 0 Å². The Bertz CT molecular complexity index is 616. The molecule has 0 saturated carbocycles. The van der Waals surface area contributed by atoms with Crippen molar-refractivity contribution < 1.29 is 14.3 Å². The summed E-state index contributed by atoms with van der Waals surface area (Å²) in [6, 6.07) is 4.04. The second-order valence-electron chi connectivity index (χ2n) is 5.07. The number of carbonyl (C=O) groups excluding carboxylic acids is 1. The van der Waals surface area contributed by atoms with Crippen LogP contribution in [-0.2, 0) is 13.1 Å². The Kier molecular flexibility index (Phi) is 5.48. The summed E-state index contributed by atoms with van der Waals surface area (Å²) in [5, 5.41) is 14.1. The summed E-state index contributed by atoms with van der Waals surface area (Å²) in [6.07, 6.45) is 5.01. The summed E-state index contributed by atoms with van der Waals surface area (Å²) in [4.78, 5) is 15.5. The van der Waals surface area contributed by atoms with E-state index < -0.39 is 0 Å². The fraction of sp³-hybridized carbons (Fsp3) is 0.333. The van der Waals surface area contributed by atoms with E-state index in [4.69, 9.17) is 5.11 Å². The summed E-state index contributed by atoms with van der Waals surface area (Å²) in [5.41, 5.74) is 1.32. The van der Waals surface area contributed by atoms with Crippen LogP contribution in [0.5, 0.6) is 0 Å². The fourth-order valence-electron chi connectivity index (χ4n) is 1.94. The van der Waals surface area contributed by atoms with Gasteiger partial charge < -0.3 is 20.3 Å². The van der Waals surface area contributed by atoms with Gasteiger partial charge in [0, 0.05) is 24.5 Å². The highest BCUT2D eigenvalue weighted by molar-refractivity contribution is 5.74. The molecule has 3 N–H and O–H groups in total. The van der Waals surface area contributed by atoms with Crippen molar-refractivity contribution in [3.63, 3.8) is 0 Å². The molecular formula is C15H19FN4O2. The number of nitrogens with one attached hydrogen (secondary N) is 2. The SMILES string of the molecule is C[C@@H](CO)NC(=O)NCc1ccc(F)c(Cn2ccnc2)c1. The lowest BCUT2D eigenvalue weighted by atomic mass is 10.1. The zero-order chi connectivity index (χ0) is 15.9. The summed E-state index contributed by atoms with van der Waals surface area (Å²) in [7, 11) is 0. The molecule has 1 aromatic carbocycles. The molecule has 118 valence electrons. The van der Waals surface area contributed by atoms with E-state index in [1.54, 1.807) is 42.3 Å². The minimum Gasteiger partial charge on any atom is -0.394 e. The van der Waals surface area contributed by atoms with Gasteiger partial charge in [0.1, 0.15) is 5.82 Å². The molecule has 1 heterocycles. The Morgan fingerprint density at radius 3 is 3.00 bits per heavy atom. The molecule has 0 aliphatic rings. The van der Waals surface area contributed by atoms with Gasteiger partial charge >= 0.3 is 6.03 Å². The number of imidazole rings is 1. The quantitative estimate of drug-likeness (QED) is 0.751. The number of aliphatic hydroxyl groups excluding tert-OH is 1. The molecule has 0 unspecified atom stereocenters. The van der Waals surface area contributed by atoms with E-state index >= 15 is 0 Å². The number of rotatable bonds is 6. The highest BCUT2D eigenvalue weighted by Crippen LogP contribution is 2.12. The standard InChI is InChI=1S/C15H19FN4O2/c1-11(9-21)19-15(22)18-7-12-2-3-14(16)13(6-12)8-20-5-4-17-10-20/h2-6,10-11,21H,7-9H2,1H3,(H2,18,19,22)/t11-/m0/s1. The zero-order valence-corrected chi connectivity index (χ0v) is 12.3. The number of hydrogen-bond acceptors (Lipinski definition) is 3. The Balaban J connectivity index is 1.96. The normalized spacial score (nSPS) is 12.0. The van der Waals surface area contributed by atoms with Gasteiger partial charge in [0.05, 0.1) is 25.5 Å². The van der Waals surface area contributed by atoms with Gasteiger partial charge in [-0.05, 0) is 24.6 Å². The fourth-order valence-corrected chi connectivity index (χ4v) is 1.94. The van der Waals surface area contributed by atoms with Crippen molar-refractivity contribution in [3.8, 4) is 0 Å². The Labute approximate surface area is 128 Å². The number of nitrogens with zero attached hydrogens (tertiary/aromatic N) is 2. The van der Waals surface area contributed by atoms with E-state index in [9.17, 15) is 9.18 Å². The highest BCUT2D eigenvalue weighted by atomic mass is 19.1. The van der Waals surface area contributed by atoms with Crippen molar-refractivity contribution in [1.82, 2.24) is 20.2 Å². The van der Waals surface area contributed by atoms with E-state index in [1.165, 1.54) is 6.07 Å². The van der Waals surface area contributed by atoms with E-state index in [2.05, 4.69) is 15.6 Å². The number of halogens is 1. The molecule has 0 saturated heterocycles. The first kappa shape index (κ1) is 16.0.